The summed E-state index contributed by atoms with van der Waals surface area (Å²) in [6.07, 6.45) is 2.25. The van der Waals surface area contributed by atoms with Crippen LogP contribution in [-0.2, 0) is 21.3 Å². The van der Waals surface area contributed by atoms with Crippen molar-refractivity contribution in [3.8, 4) is 0 Å². The minimum Gasteiger partial charge on any atom is -0.381 e. The second kappa shape index (κ2) is 6.39. The van der Waals surface area contributed by atoms with Gasteiger partial charge in [-0.3, -0.25) is 0 Å². The summed E-state index contributed by atoms with van der Waals surface area (Å²) >= 11 is 0. The molecule has 0 aromatic heterocycles. The van der Waals surface area contributed by atoms with Crippen LogP contribution in [0.2, 0.25) is 0 Å². The van der Waals surface area contributed by atoms with Crippen LogP contribution in [0.3, 0.4) is 0 Å². The molecule has 1 aliphatic rings. The Labute approximate surface area is 124 Å². The van der Waals surface area contributed by atoms with Gasteiger partial charge in [-0.15, -0.1) is 0 Å². The van der Waals surface area contributed by atoms with E-state index in [4.69, 9.17) is 10.5 Å². The molecule has 0 spiro atoms. The molecule has 1 fully saturated rings. The monoisotopic (exact) mass is 316 g/mol. The minimum absolute atomic E-state index is 0.0381. The third-order valence-electron chi connectivity index (χ3n) is 3.92. The Morgan fingerprint density at radius 3 is 2.71 bits per heavy atom. The Morgan fingerprint density at radius 2 is 2.14 bits per heavy atom. The van der Waals surface area contributed by atoms with E-state index in [0.29, 0.717) is 12.0 Å². The number of sulfonamides is 1. The molecule has 21 heavy (non-hydrogen) atoms. The van der Waals surface area contributed by atoms with E-state index in [9.17, 15) is 12.8 Å². The summed E-state index contributed by atoms with van der Waals surface area (Å²) in [6, 6.07) is 2.53. The van der Waals surface area contributed by atoms with E-state index in [2.05, 4.69) is 4.72 Å². The van der Waals surface area contributed by atoms with Gasteiger partial charge in [-0.2, -0.15) is 0 Å². The van der Waals surface area contributed by atoms with Crippen molar-refractivity contribution in [1.82, 2.24) is 4.72 Å². The third-order valence-corrected chi connectivity index (χ3v) is 5.57. The molecular weight excluding hydrogens is 295 g/mol. The number of benzene rings is 1. The topological polar surface area (TPSA) is 81.4 Å². The summed E-state index contributed by atoms with van der Waals surface area (Å²) in [7, 11) is -2.15. The predicted molar refractivity (Wildman–Crippen MR) is 77.8 cm³/mol. The van der Waals surface area contributed by atoms with E-state index in [1.807, 2.05) is 0 Å². The van der Waals surface area contributed by atoms with Crippen molar-refractivity contribution in [3.63, 3.8) is 0 Å². The zero-order chi connectivity index (χ0) is 15.6. The van der Waals surface area contributed by atoms with Crippen LogP contribution in [0.25, 0.3) is 0 Å². The maximum Gasteiger partial charge on any atom is 0.241 e. The van der Waals surface area contributed by atoms with E-state index < -0.39 is 15.8 Å². The number of hydrogen-bond donors (Lipinski definition) is 2. The highest BCUT2D eigenvalue weighted by molar-refractivity contribution is 7.89. The second-order valence-corrected chi connectivity index (χ2v) is 7.08. The van der Waals surface area contributed by atoms with Crippen molar-refractivity contribution in [1.29, 1.82) is 0 Å². The number of nitrogens with one attached hydrogen (secondary N) is 1. The Kier molecular flexibility index (Phi) is 4.98. The molecule has 0 radical (unpaired) electrons. The summed E-state index contributed by atoms with van der Waals surface area (Å²) in [6.45, 7) is 1.55. The Balaban J connectivity index is 2.26. The fourth-order valence-electron chi connectivity index (χ4n) is 2.65. The first kappa shape index (κ1) is 16.4. The number of rotatable bonds is 5. The number of nitrogens with two attached hydrogens (primary N) is 1. The summed E-state index contributed by atoms with van der Waals surface area (Å²) < 4.78 is 46.6. The van der Waals surface area contributed by atoms with Crippen LogP contribution in [0.5, 0.6) is 0 Å². The Morgan fingerprint density at radius 1 is 1.43 bits per heavy atom. The molecule has 2 rings (SSSR count). The average molecular weight is 316 g/mol. The van der Waals surface area contributed by atoms with Gasteiger partial charge in [0.05, 0.1) is 11.0 Å². The molecule has 1 aliphatic carbocycles. The van der Waals surface area contributed by atoms with Crippen molar-refractivity contribution in [2.24, 2.45) is 5.73 Å². The van der Waals surface area contributed by atoms with Gasteiger partial charge in [-0.1, -0.05) is 0 Å². The van der Waals surface area contributed by atoms with Gasteiger partial charge in [0.1, 0.15) is 5.82 Å². The first-order valence-corrected chi connectivity index (χ1v) is 8.40. The van der Waals surface area contributed by atoms with Gasteiger partial charge in [0.2, 0.25) is 10.0 Å². The van der Waals surface area contributed by atoms with E-state index in [0.717, 1.165) is 12.8 Å². The molecule has 118 valence electrons. The average Bonchev–Trinajstić information content (AvgIpc) is 2.88. The molecular formula is C14H21FN2O3S. The highest BCUT2D eigenvalue weighted by atomic mass is 32.2. The molecule has 1 aromatic carbocycles. The third kappa shape index (κ3) is 3.60. The number of hydrogen-bond acceptors (Lipinski definition) is 4. The van der Waals surface area contributed by atoms with Crippen molar-refractivity contribution in [2.75, 3.05) is 7.11 Å². The van der Waals surface area contributed by atoms with Gasteiger partial charge in [-0.25, -0.2) is 17.5 Å². The normalized spacial score (nSPS) is 22.7. The molecule has 1 aromatic rings. The van der Waals surface area contributed by atoms with Crippen LogP contribution in [-0.4, -0.2) is 27.7 Å². The summed E-state index contributed by atoms with van der Waals surface area (Å²) in [5.74, 6) is -0.556. The molecule has 0 saturated heterocycles. The number of methoxy groups -OCH3 is 1. The molecule has 2 unspecified atom stereocenters. The van der Waals surface area contributed by atoms with E-state index in [1.165, 1.54) is 19.1 Å². The minimum atomic E-state index is -3.76. The zero-order valence-corrected chi connectivity index (χ0v) is 13.0. The van der Waals surface area contributed by atoms with Crippen LogP contribution >= 0.6 is 0 Å². The molecule has 1 saturated carbocycles. The predicted octanol–water partition coefficient (Wildman–Crippen LogP) is 1.44. The van der Waals surface area contributed by atoms with E-state index >= 15 is 0 Å². The molecule has 3 N–H and O–H groups in total. The van der Waals surface area contributed by atoms with Crippen molar-refractivity contribution < 1.29 is 17.5 Å². The zero-order valence-electron chi connectivity index (χ0n) is 12.2. The van der Waals surface area contributed by atoms with Crippen LogP contribution < -0.4 is 10.5 Å². The molecule has 5 nitrogen and oxygen atoms in total. The fraction of sp³-hybridized carbons (Fsp3) is 0.571. The largest absolute Gasteiger partial charge is 0.381 e. The molecule has 2 atom stereocenters. The molecule has 0 amide bonds. The number of halogens is 1. The summed E-state index contributed by atoms with van der Waals surface area (Å²) in [4.78, 5) is -0.0381. The highest BCUT2D eigenvalue weighted by Gasteiger charge is 2.30. The molecule has 7 heteroatoms. The Bertz CT molecular complexity index is 619. The molecule has 0 aliphatic heterocycles. The quantitative estimate of drug-likeness (QED) is 0.861. The molecule has 0 heterocycles. The van der Waals surface area contributed by atoms with Crippen molar-refractivity contribution >= 4 is 10.0 Å². The van der Waals surface area contributed by atoms with Gasteiger partial charge in [0, 0.05) is 25.3 Å². The highest BCUT2D eigenvalue weighted by Crippen LogP contribution is 2.25. The van der Waals surface area contributed by atoms with E-state index in [-0.39, 0.29) is 29.1 Å². The van der Waals surface area contributed by atoms with Crippen molar-refractivity contribution in [2.45, 2.75) is 49.8 Å². The van der Waals surface area contributed by atoms with Gasteiger partial charge in [0.15, 0.2) is 0 Å². The SMILES string of the molecule is COC1CCC(NS(=O)(=O)c2cc(CN)cc(F)c2C)C1. The maximum atomic E-state index is 13.8. The summed E-state index contributed by atoms with van der Waals surface area (Å²) in [5.41, 5.74) is 6.05. The van der Waals surface area contributed by atoms with Crippen LogP contribution in [0.1, 0.15) is 30.4 Å². The van der Waals surface area contributed by atoms with E-state index in [1.54, 1.807) is 7.11 Å². The first-order valence-electron chi connectivity index (χ1n) is 6.91. The summed E-state index contributed by atoms with van der Waals surface area (Å²) in [5, 5.41) is 0. The lowest BCUT2D eigenvalue weighted by atomic mass is 10.1. The number of ether oxygens (including phenoxy) is 1. The van der Waals surface area contributed by atoms with Gasteiger partial charge in [-0.05, 0) is 43.9 Å². The van der Waals surface area contributed by atoms with Gasteiger partial charge >= 0.3 is 0 Å². The lowest BCUT2D eigenvalue weighted by Gasteiger charge is -2.16. The first-order chi connectivity index (χ1) is 9.87. The molecule has 0 bridgehead atoms. The Hall–Kier alpha value is -1.02. The van der Waals surface area contributed by atoms with Crippen LogP contribution in [0.15, 0.2) is 17.0 Å². The fourth-order valence-corrected chi connectivity index (χ4v) is 4.24. The second-order valence-electron chi connectivity index (χ2n) is 5.39. The van der Waals surface area contributed by atoms with Crippen molar-refractivity contribution in [3.05, 3.63) is 29.1 Å². The van der Waals surface area contributed by atoms with Gasteiger partial charge in [0.25, 0.3) is 0 Å². The smallest absolute Gasteiger partial charge is 0.241 e. The van der Waals surface area contributed by atoms with Crippen LogP contribution in [0, 0.1) is 12.7 Å². The maximum absolute atomic E-state index is 13.8. The lowest BCUT2D eigenvalue weighted by Crippen LogP contribution is -2.34. The lowest BCUT2D eigenvalue weighted by molar-refractivity contribution is 0.107. The standard InChI is InChI=1S/C14H21FN2O3S/c1-9-13(15)5-10(8-16)6-14(9)21(18,19)17-11-3-4-12(7-11)20-2/h5-6,11-12,17H,3-4,7-8,16H2,1-2H3. The van der Waals surface area contributed by atoms with Gasteiger partial charge < -0.3 is 10.5 Å². The van der Waals surface area contributed by atoms with Crippen LogP contribution in [0.4, 0.5) is 4.39 Å².